The van der Waals surface area contributed by atoms with E-state index in [0.717, 1.165) is 12.8 Å². The molecule has 1 fully saturated rings. The van der Waals surface area contributed by atoms with Crippen LogP contribution in [-0.4, -0.2) is 14.5 Å². The van der Waals surface area contributed by atoms with Crippen LogP contribution in [0.25, 0.3) is 0 Å². The number of benzene rings is 1. The first-order chi connectivity index (χ1) is 9.76. The zero-order chi connectivity index (χ0) is 15.8. The largest absolute Gasteiger partial charge is 0.326 e. The van der Waals surface area contributed by atoms with E-state index in [2.05, 4.69) is 18.6 Å². The third kappa shape index (κ3) is 3.54. The van der Waals surface area contributed by atoms with Crippen LogP contribution in [0.5, 0.6) is 0 Å². The molecule has 118 valence electrons. The topological polar surface area (TPSA) is 72.2 Å². The van der Waals surface area contributed by atoms with Crippen LogP contribution in [-0.2, 0) is 16.6 Å². The van der Waals surface area contributed by atoms with Crippen LogP contribution in [0.4, 0.5) is 0 Å². The van der Waals surface area contributed by atoms with Crippen molar-refractivity contribution in [2.24, 2.45) is 17.6 Å². The van der Waals surface area contributed by atoms with Crippen LogP contribution in [0.2, 0.25) is 10.0 Å². The Morgan fingerprint density at radius 3 is 2.43 bits per heavy atom. The fourth-order valence-corrected chi connectivity index (χ4v) is 4.96. The van der Waals surface area contributed by atoms with Crippen LogP contribution >= 0.6 is 23.2 Å². The van der Waals surface area contributed by atoms with Crippen LogP contribution < -0.4 is 10.5 Å². The molecule has 1 aliphatic rings. The number of halogens is 2. The minimum Gasteiger partial charge on any atom is -0.326 e. The molecule has 2 rings (SSSR count). The average molecular weight is 351 g/mol. The van der Waals surface area contributed by atoms with Gasteiger partial charge in [-0.15, -0.1) is 0 Å². The molecule has 4 nitrogen and oxygen atoms in total. The second-order valence-electron chi connectivity index (χ2n) is 5.72. The normalized spacial score (nSPS) is 26.2. The summed E-state index contributed by atoms with van der Waals surface area (Å²) in [5, 5.41) is 0.493. The molecule has 0 saturated heterocycles. The van der Waals surface area contributed by atoms with Gasteiger partial charge in [-0.2, -0.15) is 0 Å². The van der Waals surface area contributed by atoms with E-state index in [9.17, 15) is 8.42 Å². The molecule has 0 heterocycles. The Labute approximate surface area is 136 Å². The molecule has 0 aromatic heterocycles. The zero-order valence-electron chi connectivity index (χ0n) is 12.1. The molecule has 7 heteroatoms. The quantitative estimate of drug-likeness (QED) is 0.875. The van der Waals surface area contributed by atoms with E-state index in [4.69, 9.17) is 28.9 Å². The number of sulfonamides is 1. The molecule has 0 amide bonds. The maximum atomic E-state index is 12.6. The summed E-state index contributed by atoms with van der Waals surface area (Å²) in [5.74, 6) is 0.817. The predicted octanol–water partition coefficient (Wildman–Crippen LogP) is 3.17. The van der Waals surface area contributed by atoms with Gasteiger partial charge in [-0.3, -0.25) is 0 Å². The van der Waals surface area contributed by atoms with E-state index >= 15 is 0 Å². The first-order valence-electron chi connectivity index (χ1n) is 6.96. The van der Waals surface area contributed by atoms with Crippen molar-refractivity contribution in [3.63, 3.8) is 0 Å². The highest BCUT2D eigenvalue weighted by atomic mass is 35.5. The summed E-state index contributed by atoms with van der Waals surface area (Å²) in [4.78, 5) is 0.0424. The van der Waals surface area contributed by atoms with Crippen LogP contribution in [0.1, 0.15) is 32.3 Å². The van der Waals surface area contributed by atoms with Gasteiger partial charge in [0, 0.05) is 17.6 Å². The maximum Gasteiger partial charge on any atom is 0.242 e. The third-order valence-corrected chi connectivity index (χ3v) is 6.69. The zero-order valence-corrected chi connectivity index (χ0v) is 14.4. The Morgan fingerprint density at radius 2 is 1.90 bits per heavy atom. The lowest BCUT2D eigenvalue weighted by Crippen LogP contribution is -2.37. The average Bonchev–Trinajstić information content (AvgIpc) is 2.70. The Kier molecular flexibility index (Phi) is 5.21. The summed E-state index contributed by atoms with van der Waals surface area (Å²) >= 11 is 12.0. The Morgan fingerprint density at radius 1 is 1.24 bits per heavy atom. The summed E-state index contributed by atoms with van der Waals surface area (Å²) in [6.45, 7) is 4.37. The minimum absolute atomic E-state index is 0.0424. The lowest BCUT2D eigenvalue weighted by atomic mass is 9.98. The maximum absolute atomic E-state index is 12.6. The molecule has 1 aromatic carbocycles. The van der Waals surface area contributed by atoms with Gasteiger partial charge in [0.2, 0.25) is 10.0 Å². The molecule has 3 unspecified atom stereocenters. The van der Waals surface area contributed by atoms with Crippen molar-refractivity contribution in [2.75, 3.05) is 0 Å². The van der Waals surface area contributed by atoms with Gasteiger partial charge in [0.25, 0.3) is 0 Å². The fraction of sp³-hybridized carbons (Fsp3) is 0.571. The minimum atomic E-state index is -3.68. The number of hydrogen-bond acceptors (Lipinski definition) is 3. The van der Waals surface area contributed by atoms with Gasteiger partial charge in [-0.05, 0) is 42.4 Å². The highest BCUT2D eigenvalue weighted by Gasteiger charge is 2.33. The Bertz CT molecular complexity index is 634. The molecule has 1 aromatic rings. The van der Waals surface area contributed by atoms with E-state index in [1.165, 1.54) is 12.1 Å². The van der Waals surface area contributed by atoms with Crippen LogP contribution in [0.15, 0.2) is 17.0 Å². The number of nitrogens with one attached hydrogen (secondary N) is 1. The smallest absolute Gasteiger partial charge is 0.242 e. The summed E-state index contributed by atoms with van der Waals surface area (Å²) in [5.41, 5.74) is 6.14. The van der Waals surface area contributed by atoms with Crippen LogP contribution in [0, 0.1) is 11.8 Å². The molecule has 1 aliphatic carbocycles. The van der Waals surface area contributed by atoms with Gasteiger partial charge < -0.3 is 5.73 Å². The highest BCUT2D eigenvalue weighted by molar-refractivity contribution is 7.89. The van der Waals surface area contributed by atoms with Gasteiger partial charge in [0.15, 0.2) is 0 Å². The van der Waals surface area contributed by atoms with Crippen molar-refractivity contribution in [1.29, 1.82) is 0 Å². The van der Waals surface area contributed by atoms with Crippen LogP contribution in [0.3, 0.4) is 0 Å². The number of rotatable bonds is 4. The molecular formula is C14H20Cl2N2O2S. The standard InChI is InChI=1S/C14H20Cl2N2O2S/c1-8-3-4-13(9(8)2)18-21(19,20)14-5-10(7-17)11(15)6-12(14)16/h5-6,8-9,13,18H,3-4,7,17H2,1-2H3. The summed E-state index contributed by atoms with van der Waals surface area (Å²) < 4.78 is 27.9. The van der Waals surface area contributed by atoms with Crippen molar-refractivity contribution in [3.05, 3.63) is 27.7 Å². The second kappa shape index (κ2) is 6.42. The van der Waals surface area contributed by atoms with Gasteiger partial charge in [-0.1, -0.05) is 37.0 Å². The number of hydrogen-bond donors (Lipinski definition) is 2. The summed E-state index contributed by atoms with van der Waals surface area (Å²) in [6, 6.07) is 2.83. The monoisotopic (exact) mass is 350 g/mol. The van der Waals surface area contributed by atoms with Crippen molar-refractivity contribution in [2.45, 2.75) is 44.2 Å². The third-order valence-electron chi connectivity index (χ3n) is 4.38. The molecule has 21 heavy (non-hydrogen) atoms. The van der Waals surface area contributed by atoms with E-state index in [1.807, 2.05) is 0 Å². The van der Waals surface area contributed by atoms with Crippen molar-refractivity contribution >= 4 is 33.2 Å². The second-order valence-corrected chi connectivity index (χ2v) is 8.22. The molecule has 0 bridgehead atoms. The molecule has 0 aliphatic heterocycles. The van der Waals surface area contributed by atoms with E-state index in [0.29, 0.717) is 22.4 Å². The van der Waals surface area contributed by atoms with Gasteiger partial charge in [0.1, 0.15) is 4.90 Å². The lowest BCUT2D eigenvalue weighted by molar-refractivity contribution is 0.402. The van der Waals surface area contributed by atoms with Gasteiger partial charge in [-0.25, -0.2) is 13.1 Å². The van der Waals surface area contributed by atoms with Crippen molar-refractivity contribution in [3.8, 4) is 0 Å². The molecule has 3 N–H and O–H groups in total. The molecule has 3 atom stereocenters. The van der Waals surface area contributed by atoms with E-state index < -0.39 is 10.0 Å². The summed E-state index contributed by atoms with van der Waals surface area (Å²) in [6.07, 6.45) is 1.87. The first-order valence-corrected chi connectivity index (χ1v) is 9.20. The molecule has 0 radical (unpaired) electrons. The lowest BCUT2D eigenvalue weighted by Gasteiger charge is -2.20. The fourth-order valence-electron chi connectivity index (χ4n) is 2.73. The van der Waals surface area contributed by atoms with Crippen molar-refractivity contribution in [1.82, 2.24) is 4.72 Å². The molecule has 1 saturated carbocycles. The van der Waals surface area contributed by atoms with E-state index in [1.54, 1.807) is 0 Å². The van der Waals surface area contributed by atoms with Crippen molar-refractivity contribution < 1.29 is 8.42 Å². The van der Waals surface area contributed by atoms with E-state index in [-0.39, 0.29) is 22.5 Å². The van der Waals surface area contributed by atoms with Gasteiger partial charge >= 0.3 is 0 Å². The number of nitrogens with two attached hydrogens (primary N) is 1. The first kappa shape index (κ1) is 17.0. The predicted molar refractivity (Wildman–Crippen MR) is 86.0 cm³/mol. The SMILES string of the molecule is CC1CCC(NS(=O)(=O)c2cc(CN)c(Cl)cc2Cl)C1C. The molecule has 0 spiro atoms. The highest BCUT2D eigenvalue weighted by Crippen LogP contribution is 2.33. The Hall–Kier alpha value is -0.330. The Balaban J connectivity index is 2.32. The molecular weight excluding hydrogens is 331 g/mol. The summed E-state index contributed by atoms with van der Waals surface area (Å²) in [7, 11) is -3.68. The van der Waals surface area contributed by atoms with Gasteiger partial charge in [0.05, 0.1) is 5.02 Å².